The van der Waals surface area contributed by atoms with E-state index in [2.05, 4.69) is 28.4 Å². The first kappa shape index (κ1) is 16.3. The van der Waals surface area contributed by atoms with E-state index in [4.69, 9.17) is 4.74 Å². The zero-order chi connectivity index (χ0) is 15.9. The van der Waals surface area contributed by atoms with Gasteiger partial charge in [0.1, 0.15) is 12.4 Å². The molecule has 1 fully saturated rings. The maximum Gasteiger partial charge on any atom is 0.222 e. The lowest BCUT2D eigenvalue weighted by molar-refractivity contribution is -0.135. The van der Waals surface area contributed by atoms with Crippen LogP contribution in [0.4, 0.5) is 0 Å². The van der Waals surface area contributed by atoms with Crippen LogP contribution in [0.3, 0.4) is 0 Å². The molecule has 1 unspecified atom stereocenters. The first-order chi connectivity index (χ1) is 11.3. The smallest absolute Gasteiger partial charge is 0.222 e. The van der Waals surface area contributed by atoms with Crippen molar-refractivity contribution in [2.24, 2.45) is 0 Å². The van der Waals surface area contributed by atoms with E-state index < -0.39 is 0 Å². The molecule has 4 nitrogen and oxygen atoms in total. The minimum absolute atomic E-state index is 0.344. The minimum Gasteiger partial charge on any atom is -0.492 e. The average Bonchev–Trinajstić information content (AvgIpc) is 2.59. The minimum atomic E-state index is 0.344. The maximum absolute atomic E-state index is 12.5. The van der Waals surface area contributed by atoms with Gasteiger partial charge in [-0.2, -0.15) is 0 Å². The molecule has 2 bridgehead atoms. The highest BCUT2D eigenvalue weighted by molar-refractivity contribution is 5.76. The standard InChI is InChI=1S/C19H28N2O2/c22-19-8-4-11-20-12-14-23-18-7-3-5-16(15-18)9-10-17-6-1-2-13-21(17)19/h3,5,7,15,17,20H,1-2,4,6,8-14H2. The first-order valence-electron chi connectivity index (χ1n) is 9.05. The van der Waals surface area contributed by atoms with Crippen molar-refractivity contribution < 1.29 is 9.53 Å². The van der Waals surface area contributed by atoms with E-state index in [-0.39, 0.29) is 0 Å². The molecule has 2 aliphatic heterocycles. The Morgan fingerprint density at radius 2 is 2.04 bits per heavy atom. The molecule has 126 valence electrons. The molecule has 1 aromatic rings. The molecular weight excluding hydrogens is 288 g/mol. The SMILES string of the molecule is O=C1CCCNCCOc2cccc(c2)CCC2CCCCN12. The van der Waals surface area contributed by atoms with Crippen LogP contribution in [-0.4, -0.2) is 43.1 Å². The van der Waals surface area contributed by atoms with E-state index in [1.54, 1.807) is 0 Å². The van der Waals surface area contributed by atoms with Crippen LogP contribution in [0.2, 0.25) is 0 Å². The van der Waals surface area contributed by atoms with Crippen LogP contribution in [0.1, 0.15) is 44.1 Å². The number of aryl methyl sites for hydroxylation is 1. The number of amides is 1. The largest absolute Gasteiger partial charge is 0.492 e. The summed E-state index contributed by atoms with van der Waals surface area (Å²) in [6, 6.07) is 8.82. The lowest BCUT2D eigenvalue weighted by Gasteiger charge is -2.36. The molecule has 1 amide bonds. The zero-order valence-corrected chi connectivity index (χ0v) is 13.9. The molecule has 0 aliphatic carbocycles. The number of hydrogen-bond acceptors (Lipinski definition) is 3. The molecular formula is C19H28N2O2. The highest BCUT2D eigenvalue weighted by Crippen LogP contribution is 2.23. The van der Waals surface area contributed by atoms with Crippen LogP contribution in [0.15, 0.2) is 24.3 Å². The summed E-state index contributed by atoms with van der Waals surface area (Å²) < 4.78 is 5.81. The van der Waals surface area contributed by atoms with Gasteiger partial charge in [-0.3, -0.25) is 4.79 Å². The van der Waals surface area contributed by atoms with Crippen molar-refractivity contribution in [1.29, 1.82) is 0 Å². The Kier molecular flexibility index (Phi) is 5.92. The molecule has 0 saturated carbocycles. The lowest BCUT2D eigenvalue weighted by Crippen LogP contribution is -2.44. The molecule has 1 atom stereocenters. The molecule has 0 spiro atoms. The fourth-order valence-corrected chi connectivity index (χ4v) is 3.63. The molecule has 1 N–H and O–H groups in total. The van der Waals surface area contributed by atoms with Gasteiger partial charge >= 0.3 is 0 Å². The monoisotopic (exact) mass is 316 g/mol. The Hall–Kier alpha value is -1.55. The Labute approximate surface area is 139 Å². The second-order valence-electron chi connectivity index (χ2n) is 6.62. The van der Waals surface area contributed by atoms with E-state index in [1.807, 2.05) is 6.07 Å². The molecule has 2 aliphatic rings. The van der Waals surface area contributed by atoms with Crippen LogP contribution in [0.5, 0.6) is 5.75 Å². The highest BCUT2D eigenvalue weighted by Gasteiger charge is 2.25. The van der Waals surface area contributed by atoms with Gasteiger partial charge in [-0.25, -0.2) is 0 Å². The fraction of sp³-hybridized carbons (Fsp3) is 0.632. The summed E-state index contributed by atoms with van der Waals surface area (Å²) >= 11 is 0. The van der Waals surface area contributed by atoms with Gasteiger partial charge in [0.25, 0.3) is 0 Å². The number of benzene rings is 1. The number of ether oxygens (including phenoxy) is 1. The van der Waals surface area contributed by atoms with E-state index in [1.165, 1.54) is 12.0 Å². The van der Waals surface area contributed by atoms with E-state index in [9.17, 15) is 4.79 Å². The van der Waals surface area contributed by atoms with E-state index in [0.717, 1.165) is 57.5 Å². The quantitative estimate of drug-likeness (QED) is 0.800. The number of nitrogens with zero attached hydrogens (tertiary/aromatic N) is 1. The molecule has 1 saturated heterocycles. The summed E-state index contributed by atoms with van der Waals surface area (Å²) in [5.41, 5.74) is 1.31. The van der Waals surface area contributed by atoms with Crippen LogP contribution >= 0.6 is 0 Å². The van der Waals surface area contributed by atoms with Crippen molar-refractivity contribution in [3.8, 4) is 5.75 Å². The number of nitrogens with one attached hydrogen (secondary N) is 1. The Bertz CT molecular complexity index is 518. The van der Waals surface area contributed by atoms with Gasteiger partial charge < -0.3 is 15.0 Å². The maximum atomic E-state index is 12.5. The third kappa shape index (κ3) is 4.71. The number of hydrogen-bond donors (Lipinski definition) is 1. The number of rotatable bonds is 0. The molecule has 0 aromatic heterocycles. The number of piperidine rings is 1. The van der Waals surface area contributed by atoms with Crippen LogP contribution in [-0.2, 0) is 11.2 Å². The molecule has 1 aromatic carbocycles. The van der Waals surface area contributed by atoms with Gasteiger partial charge in [0.2, 0.25) is 5.91 Å². The van der Waals surface area contributed by atoms with Gasteiger partial charge in [0.15, 0.2) is 0 Å². The fourth-order valence-electron chi connectivity index (χ4n) is 3.63. The average molecular weight is 316 g/mol. The summed E-state index contributed by atoms with van der Waals surface area (Å²) in [7, 11) is 0. The highest BCUT2D eigenvalue weighted by atomic mass is 16.5. The second-order valence-corrected chi connectivity index (χ2v) is 6.62. The van der Waals surface area contributed by atoms with Crippen molar-refractivity contribution in [3.63, 3.8) is 0 Å². The predicted octanol–water partition coefficient (Wildman–Crippen LogP) is 2.76. The third-order valence-corrected chi connectivity index (χ3v) is 4.90. The van der Waals surface area contributed by atoms with Crippen LogP contribution in [0.25, 0.3) is 0 Å². The van der Waals surface area contributed by atoms with Crippen LogP contribution < -0.4 is 10.1 Å². The van der Waals surface area contributed by atoms with Gasteiger partial charge in [-0.1, -0.05) is 12.1 Å². The van der Waals surface area contributed by atoms with Gasteiger partial charge in [0.05, 0.1) is 0 Å². The van der Waals surface area contributed by atoms with Crippen LogP contribution in [0, 0.1) is 0 Å². The summed E-state index contributed by atoms with van der Waals surface area (Å²) in [5, 5.41) is 3.36. The topological polar surface area (TPSA) is 41.6 Å². The molecule has 2 heterocycles. The predicted molar refractivity (Wildman–Crippen MR) is 91.7 cm³/mol. The Morgan fingerprint density at radius 3 is 3.00 bits per heavy atom. The molecule has 4 heteroatoms. The molecule has 0 radical (unpaired) electrons. The van der Waals surface area contributed by atoms with Crippen molar-refractivity contribution in [1.82, 2.24) is 10.2 Å². The molecule has 23 heavy (non-hydrogen) atoms. The summed E-state index contributed by atoms with van der Waals surface area (Å²) in [6.07, 6.45) is 7.22. The van der Waals surface area contributed by atoms with Gasteiger partial charge in [0, 0.05) is 25.6 Å². The van der Waals surface area contributed by atoms with Crippen molar-refractivity contribution in [2.45, 2.75) is 51.0 Å². The normalized spacial score (nSPS) is 24.1. The first-order valence-corrected chi connectivity index (χ1v) is 9.05. The third-order valence-electron chi connectivity index (χ3n) is 4.90. The van der Waals surface area contributed by atoms with E-state index in [0.29, 0.717) is 25.0 Å². The van der Waals surface area contributed by atoms with Crippen molar-refractivity contribution >= 4 is 5.91 Å². The summed E-state index contributed by atoms with van der Waals surface area (Å²) in [6.45, 7) is 3.32. The Balaban J connectivity index is 1.71. The van der Waals surface area contributed by atoms with Gasteiger partial charge in [-0.15, -0.1) is 0 Å². The van der Waals surface area contributed by atoms with Crippen molar-refractivity contribution in [3.05, 3.63) is 29.8 Å². The zero-order valence-electron chi connectivity index (χ0n) is 13.9. The number of fused-ring (bicyclic) bond motifs is 3. The number of carbonyl (C=O) groups is 1. The molecule has 3 rings (SSSR count). The van der Waals surface area contributed by atoms with Crippen molar-refractivity contribution in [2.75, 3.05) is 26.2 Å². The Morgan fingerprint density at radius 1 is 1.09 bits per heavy atom. The number of carbonyl (C=O) groups excluding carboxylic acids is 1. The second kappa shape index (κ2) is 8.34. The summed E-state index contributed by atoms with van der Waals surface area (Å²) in [5.74, 6) is 1.30. The summed E-state index contributed by atoms with van der Waals surface area (Å²) in [4.78, 5) is 14.7. The van der Waals surface area contributed by atoms with E-state index >= 15 is 0 Å². The lowest BCUT2D eigenvalue weighted by atomic mass is 9.95. The van der Waals surface area contributed by atoms with Gasteiger partial charge in [-0.05, 0) is 62.8 Å².